The number of aromatic nitrogens is 3. The van der Waals surface area contributed by atoms with Gasteiger partial charge < -0.3 is 4.90 Å². The van der Waals surface area contributed by atoms with Crippen molar-refractivity contribution in [2.24, 2.45) is 0 Å². The highest BCUT2D eigenvalue weighted by atomic mass is 16.2. The standard InChI is InChI=1S/C26H33N5O2/c1-3-6-25(32)30-14-11-22-21(17-30)26(33)31-24(27-22)15-23(28-31)19-9-12-29(13-10-19)16-20-8-5-4-7-18(20)2/h4-5,7-8,15,19,28H,3,6,9-14,16-17H2,1-2H3. The van der Waals surface area contributed by atoms with Crippen LogP contribution in [0.2, 0.25) is 0 Å². The van der Waals surface area contributed by atoms with Gasteiger partial charge in [0.2, 0.25) is 5.91 Å². The van der Waals surface area contributed by atoms with Gasteiger partial charge in [0.1, 0.15) is 0 Å². The number of amides is 1. The molecule has 33 heavy (non-hydrogen) atoms. The van der Waals surface area contributed by atoms with E-state index in [1.165, 1.54) is 11.1 Å². The summed E-state index contributed by atoms with van der Waals surface area (Å²) in [5.41, 5.74) is 5.98. The van der Waals surface area contributed by atoms with Crippen molar-refractivity contribution in [3.05, 3.63) is 68.8 Å². The number of hydrogen-bond donors (Lipinski definition) is 1. The van der Waals surface area contributed by atoms with Crippen LogP contribution >= 0.6 is 0 Å². The van der Waals surface area contributed by atoms with Crippen molar-refractivity contribution in [1.82, 2.24) is 24.4 Å². The van der Waals surface area contributed by atoms with Gasteiger partial charge in [-0.15, -0.1) is 0 Å². The van der Waals surface area contributed by atoms with E-state index in [9.17, 15) is 9.59 Å². The van der Waals surface area contributed by atoms with Crippen molar-refractivity contribution in [1.29, 1.82) is 0 Å². The van der Waals surface area contributed by atoms with Gasteiger partial charge in [-0.05, 0) is 50.4 Å². The number of likely N-dealkylation sites (tertiary alicyclic amines) is 1. The molecule has 2 aliphatic heterocycles. The van der Waals surface area contributed by atoms with Gasteiger partial charge in [0.25, 0.3) is 5.56 Å². The largest absolute Gasteiger partial charge is 0.338 e. The van der Waals surface area contributed by atoms with Gasteiger partial charge in [0.15, 0.2) is 5.65 Å². The fraction of sp³-hybridized carbons (Fsp3) is 0.500. The summed E-state index contributed by atoms with van der Waals surface area (Å²) in [6.45, 7) is 8.27. The molecule has 4 heterocycles. The van der Waals surface area contributed by atoms with Crippen LogP contribution in [-0.4, -0.2) is 49.9 Å². The number of aryl methyl sites for hydroxylation is 1. The number of fused-ring (bicyclic) bond motifs is 2. The lowest BCUT2D eigenvalue weighted by atomic mass is 9.93. The second kappa shape index (κ2) is 9.14. The van der Waals surface area contributed by atoms with Crippen LogP contribution in [0.3, 0.4) is 0 Å². The summed E-state index contributed by atoms with van der Waals surface area (Å²) in [6, 6.07) is 10.7. The Hall–Kier alpha value is -2.93. The molecule has 2 aromatic heterocycles. The number of rotatable bonds is 5. The molecule has 5 rings (SSSR count). The smallest absolute Gasteiger partial charge is 0.277 e. The SMILES string of the molecule is CCCC(=O)N1CCc2nc3cc(C4CCN(Cc5ccccc5C)CC4)[nH]n3c(=O)c2C1. The van der Waals surface area contributed by atoms with Crippen LogP contribution in [0.15, 0.2) is 35.1 Å². The Bertz CT molecular complexity index is 1220. The summed E-state index contributed by atoms with van der Waals surface area (Å²) in [5.74, 6) is 0.524. The molecule has 3 aromatic rings. The molecule has 0 atom stereocenters. The first-order valence-electron chi connectivity index (χ1n) is 12.2. The molecule has 7 nitrogen and oxygen atoms in total. The second-order valence-electron chi connectivity index (χ2n) is 9.54. The molecule has 0 aliphatic carbocycles. The molecule has 0 radical (unpaired) electrons. The third kappa shape index (κ3) is 4.34. The van der Waals surface area contributed by atoms with Crippen molar-refractivity contribution >= 4 is 11.6 Å². The molecule has 174 valence electrons. The van der Waals surface area contributed by atoms with Gasteiger partial charge in [-0.1, -0.05) is 31.2 Å². The maximum Gasteiger partial charge on any atom is 0.277 e. The molecule has 0 bridgehead atoms. The third-order valence-corrected chi connectivity index (χ3v) is 7.28. The molecular weight excluding hydrogens is 414 g/mol. The first kappa shape index (κ1) is 21.9. The van der Waals surface area contributed by atoms with E-state index in [0.29, 0.717) is 43.1 Å². The van der Waals surface area contributed by atoms with Gasteiger partial charge in [-0.25, -0.2) is 9.50 Å². The molecule has 7 heteroatoms. The topological polar surface area (TPSA) is 73.7 Å². The number of nitrogens with zero attached hydrogens (tertiary/aromatic N) is 4. The van der Waals surface area contributed by atoms with E-state index < -0.39 is 0 Å². The first-order valence-corrected chi connectivity index (χ1v) is 12.2. The van der Waals surface area contributed by atoms with Crippen molar-refractivity contribution < 1.29 is 4.79 Å². The number of aromatic amines is 1. The molecule has 1 aromatic carbocycles. The summed E-state index contributed by atoms with van der Waals surface area (Å²) in [5, 5.41) is 3.35. The van der Waals surface area contributed by atoms with Crippen molar-refractivity contribution in [2.45, 2.75) is 65.0 Å². The Morgan fingerprint density at radius 2 is 1.97 bits per heavy atom. The van der Waals surface area contributed by atoms with Gasteiger partial charge >= 0.3 is 0 Å². The summed E-state index contributed by atoms with van der Waals surface area (Å²) in [7, 11) is 0. The highest BCUT2D eigenvalue weighted by Gasteiger charge is 2.27. The maximum atomic E-state index is 13.2. The van der Waals surface area contributed by atoms with Crippen LogP contribution in [0.4, 0.5) is 0 Å². The van der Waals surface area contributed by atoms with Crippen LogP contribution < -0.4 is 5.56 Å². The summed E-state index contributed by atoms with van der Waals surface area (Å²) < 4.78 is 1.58. The van der Waals surface area contributed by atoms with Crippen LogP contribution in [-0.2, 0) is 24.3 Å². The molecule has 1 fully saturated rings. The van der Waals surface area contributed by atoms with E-state index in [-0.39, 0.29) is 11.5 Å². The average Bonchev–Trinajstić information content (AvgIpc) is 3.26. The summed E-state index contributed by atoms with van der Waals surface area (Å²) in [6.07, 6.45) is 4.12. The van der Waals surface area contributed by atoms with Gasteiger partial charge in [-0.3, -0.25) is 19.6 Å². The van der Waals surface area contributed by atoms with Crippen molar-refractivity contribution in [3.63, 3.8) is 0 Å². The molecule has 1 saturated heterocycles. The number of piperidine rings is 1. The van der Waals surface area contributed by atoms with E-state index in [1.807, 2.05) is 6.92 Å². The predicted molar refractivity (Wildman–Crippen MR) is 128 cm³/mol. The lowest BCUT2D eigenvalue weighted by Crippen LogP contribution is -2.40. The van der Waals surface area contributed by atoms with E-state index >= 15 is 0 Å². The van der Waals surface area contributed by atoms with Crippen LogP contribution in [0, 0.1) is 6.92 Å². The van der Waals surface area contributed by atoms with Crippen LogP contribution in [0.1, 0.15) is 66.6 Å². The average molecular weight is 448 g/mol. The van der Waals surface area contributed by atoms with Crippen LogP contribution in [0.5, 0.6) is 0 Å². The highest BCUT2D eigenvalue weighted by Crippen LogP contribution is 2.29. The van der Waals surface area contributed by atoms with Crippen molar-refractivity contribution in [3.8, 4) is 0 Å². The fourth-order valence-electron chi connectivity index (χ4n) is 5.22. The Kier molecular flexibility index (Phi) is 6.06. The summed E-state index contributed by atoms with van der Waals surface area (Å²) >= 11 is 0. The number of H-pyrrole nitrogens is 1. The molecular formula is C26H33N5O2. The zero-order valence-electron chi connectivity index (χ0n) is 19.6. The Morgan fingerprint density at radius 1 is 1.18 bits per heavy atom. The van der Waals surface area contributed by atoms with Gasteiger partial charge in [0, 0.05) is 43.6 Å². The zero-order chi connectivity index (χ0) is 22.9. The minimum Gasteiger partial charge on any atom is -0.338 e. The monoisotopic (exact) mass is 447 g/mol. The highest BCUT2D eigenvalue weighted by molar-refractivity contribution is 5.76. The third-order valence-electron chi connectivity index (χ3n) is 7.28. The second-order valence-corrected chi connectivity index (χ2v) is 9.54. The zero-order valence-corrected chi connectivity index (χ0v) is 19.6. The van der Waals surface area contributed by atoms with E-state index in [0.717, 1.165) is 50.3 Å². The quantitative estimate of drug-likeness (QED) is 0.651. The van der Waals surface area contributed by atoms with Crippen molar-refractivity contribution in [2.75, 3.05) is 19.6 Å². The van der Waals surface area contributed by atoms with Gasteiger partial charge in [0.05, 0.1) is 17.8 Å². The number of benzene rings is 1. The van der Waals surface area contributed by atoms with Gasteiger partial charge in [-0.2, -0.15) is 0 Å². The lowest BCUT2D eigenvalue weighted by Gasteiger charge is -2.31. The number of nitrogens with one attached hydrogen (secondary N) is 1. The summed E-state index contributed by atoms with van der Waals surface area (Å²) in [4.78, 5) is 34.7. The molecule has 1 N–H and O–H groups in total. The minimum absolute atomic E-state index is 0.0627. The van der Waals surface area contributed by atoms with E-state index in [1.54, 1.807) is 9.42 Å². The number of carbonyl (C=O) groups is 1. The molecule has 1 amide bonds. The molecule has 2 aliphatic rings. The molecule has 0 saturated carbocycles. The predicted octanol–water partition coefficient (Wildman–Crippen LogP) is 3.40. The fourth-order valence-corrected chi connectivity index (χ4v) is 5.22. The number of carbonyl (C=O) groups excluding carboxylic acids is 1. The number of hydrogen-bond acceptors (Lipinski definition) is 4. The first-order chi connectivity index (χ1) is 16.0. The Balaban J connectivity index is 1.31. The van der Waals surface area contributed by atoms with E-state index in [4.69, 9.17) is 4.98 Å². The molecule has 0 spiro atoms. The normalized spacial score (nSPS) is 17.5. The Labute approximate surface area is 194 Å². The maximum absolute atomic E-state index is 13.2. The lowest BCUT2D eigenvalue weighted by molar-refractivity contribution is -0.132. The van der Waals surface area contributed by atoms with Crippen LogP contribution in [0.25, 0.3) is 5.65 Å². The molecule has 0 unspecified atom stereocenters. The minimum atomic E-state index is -0.0627. The van der Waals surface area contributed by atoms with E-state index in [2.05, 4.69) is 47.3 Å². The Morgan fingerprint density at radius 3 is 2.73 bits per heavy atom.